The zero-order valence-electron chi connectivity index (χ0n) is 15.5. The molecule has 0 radical (unpaired) electrons. The van der Waals surface area contributed by atoms with E-state index in [-0.39, 0.29) is 0 Å². The number of hydrogen-bond donors (Lipinski definition) is 0. The van der Waals surface area contributed by atoms with Crippen molar-refractivity contribution in [3.8, 4) is 0 Å². The number of rotatable bonds is 7. The topological polar surface area (TPSA) is 9.72 Å². The Labute approximate surface area is 144 Å². The third-order valence-corrected chi connectivity index (χ3v) is 6.54. The first kappa shape index (κ1) is 17.7. The lowest BCUT2D eigenvalue weighted by Crippen LogP contribution is -2.46. The van der Waals surface area contributed by atoms with E-state index in [2.05, 4.69) is 21.6 Å². The number of piperidine rings is 2. The van der Waals surface area contributed by atoms with Crippen LogP contribution in [0, 0.1) is 5.92 Å². The van der Waals surface area contributed by atoms with Crippen LogP contribution in [0.4, 0.5) is 0 Å². The van der Waals surface area contributed by atoms with E-state index < -0.39 is 0 Å². The van der Waals surface area contributed by atoms with Gasteiger partial charge in [0.25, 0.3) is 0 Å². The van der Waals surface area contributed by atoms with E-state index in [4.69, 9.17) is 0 Å². The molecule has 0 bridgehead atoms. The minimum atomic E-state index is 0.922. The van der Waals surface area contributed by atoms with Crippen LogP contribution in [-0.2, 0) is 0 Å². The Morgan fingerprint density at radius 1 is 0.870 bits per heavy atom. The predicted molar refractivity (Wildman–Crippen MR) is 99.0 cm³/mol. The van der Waals surface area contributed by atoms with Crippen LogP contribution in [-0.4, -0.2) is 73.1 Å². The van der Waals surface area contributed by atoms with Crippen molar-refractivity contribution in [2.45, 2.75) is 70.8 Å². The molecule has 0 amide bonds. The number of likely N-dealkylation sites (N-methyl/N-ethyl adjacent to an activating group) is 1. The third kappa shape index (κ3) is 5.44. The van der Waals surface area contributed by atoms with Gasteiger partial charge in [0.05, 0.1) is 0 Å². The first-order valence-corrected chi connectivity index (χ1v) is 10.5. The molecule has 3 fully saturated rings. The minimum Gasteiger partial charge on any atom is -0.302 e. The molecular formula is C20H39N3. The second-order valence-corrected chi connectivity index (χ2v) is 8.24. The molecule has 1 saturated carbocycles. The first-order chi connectivity index (χ1) is 11.3. The predicted octanol–water partition coefficient (Wildman–Crippen LogP) is 3.45. The summed E-state index contributed by atoms with van der Waals surface area (Å²) in [7, 11) is 0. The summed E-state index contributed by atoms with van der Waals surface area (Å²) in [5.74, 6) is 0.922. The molecule has 1 unspecified atom stereocenters. The highest BCUT2D eigenvalue weighted by atomic mass is 15.2. The van der Waals surface area contributed by atoms with Crippen LogP contribution in [0.3, 0.4) is 0 Å². The van der Waals surface area contributed by atoms with Gasteiger partial charge < -0.3 is 14.7 Å². The van der Waals surface area contributed by atoms with Gasteiger partial charge in [-0.3, -0.25) is 0 Å². The summed E-state index contributed by atoms with van der Waals surface area (Å²) < 4.78 is 0. The summed E-state index contributed by atoms with van der Waals surface area (Å²) in [6.45, 7) is 13.0. The van der Waals surface area contributed by atoms with Crippen molar-refractivity contribution in [3.05, 3.63) is 0 Å². The van der Waals surface area contributed by atoms with Crippen molar-refractivity contribution < 1.29 is 0 Å². The van der Waals surface area contributed by atoms with Crippen molar-refractivity contribution in [1.82, 2.24) is 14.7 Å². The maximum Gasteiger partial charge on any atom is 0.0109 e. The molecule has 3 rings (SSSR count). The molecule has 3 aliphatic rings. The zero-order chi connectivity index (χ0) is 15.9. The Hall–Kier alpha value is -0.120. The van der Waals surface area contributed by atoms with E-state index in [0.29, 0.717) is 0 Å². The molecule has 2 heterocycles. The van der Waals surface area contributed by atoms with E-state index in [1.807, 2.05) is 0 Å². The lowest BCUT2D eigenvalue weighted by molar-refractivity contribution is 0.0954. The molecule has 0 spiro atoms. The number of nitrogens with zero attached hydrogens (tertiary/aromatic N) is 3. The maximum absolute atomic E-state index is 2.85. The summed E-state index contributed by atoms with van der Waals surface area (Å²) in [6.07, 6.45) is 13.1. The van der Waals surface area contributed by atoms with Gasteiger partial charge in [0.15, 0.2) is 0 Å². The fraction of sp³-hybridized carbons (Fsp3) is 1.00. The van der Waals surface area contributed by atoms with E-state index in [1.165, 1.54) is 110 Å². The Balaban J connectivity index is 1.40. The van der Waals surface area contributed by atoms with E-state index in [1.54, 1.807) is 0 Å². The van der Waals surface area contributed by atoms with Gasteiger partial charge in [0, 0.05) is 32.2 Å². The summed E-state index contributed by atoms with van der Waals surface area (Å²) in [4.78, 5) is 8.27. The van der Waals surface area contributed by atoms with Gasteiger partial charge in [-0.15, -0.1) is 0 Å². The van der Waals surface area contributed by atoms with Gasteiger partial charge in [-0.05, 0) is 70.6 Å². The molecule has 0 aromatic rings. The average molecular weight is 322 g/mol. The highest BCUT2D eigenvalue weighted by Gasteiger charge is 2.28. The van der Waals surface area contributed by atoms with Crippen LogP contribution in [0.25, 0.3) is 0 Å². The molecule has 2 aliphatic heterocycles. The molecule has 3 heteroatoms. The van der Waals surface area contributed by atoms with E-state index >= 15 is 0 Å². The highest BCUT2D eigenvalue weighted by Crippen LogP contribution is 2.28. The smallest absolute Gasteiger partial charge is 0.0109 e. The number of likely N-dealkylation sites (tertiary alicyclic amines) is 2. The van der Waals surface area contributed by atoms with Crippen LogP contribution >= 0.6 is 0 Å². The SMILES string of the molecule is CCN(CCN1CCCCC1)CC1CCCN(C2CCCC2)C1. The molecule has 23 heavy (non-hydrogen) atoms. The molecule has 1 aliphatic carbocycles. The minimum absolute atomic E-state index is 0.922. The van der Waals surface area contributed by atoms with Gasteiger partial charge in [-0.1, -0.05) is 26.2 Å². The first-order valence-electron chi connectivity index (χ1n) is 10.5. The van der Waals surface area contributed by atoms with Crippen LogP contribution in [0.15, 0.2) is 0 Å². The van der Waals surface area contributed by atoms with Crippen LogP contribution in [0.5, 0.6) is 0 Å². The lowest BCUT2D eigenvalue weighted by atomic mass is 9.95. The van der Waals surface area contributed by atoms with Crippen molar-refractivity contribution in [1.29, 1.82) is 0 Å². The second-order valence-electron chi connectivity index (χ2n) is 8.24. The lowest BCUT2D eigenvalue weighted by Gasteiger charge is -2.39. The fourth-order valence-corrected chi connectivity index (χ4v) is 5.06. The van der Waals surface area contributed by atoms with Crippen molar-refractivity contribution in [3.63, 3.8) is 0 Å². The van der Waals surface area contributed by atoms with Gasteiger partial charge in [-0.25, -0.2) is 0 Å². The fourth-order valence-electron chi connectivity index (χ4n) is 5.06. The van der Waals surface area contributed by atoms with Crippen LogP contribution in [0.1, 0.15) is 64.7 Å². The number of hydrogen-bond acceptors (Lipinski definition) is 3. The van der Waals surface area contributed by atoms with Crippen LogP contribution < -0.4 is 0 Å². The summed E-state index contributed by atoms with van der Waals surface area (Å²) >= 11 is 0. The molecular weight excluding hydrogens is 282 g/mol. The highest BCUT2D eigenvalue weighted by molar-refractivity contribution is 4.83. The van der Waals surface area contributed by atoms with Crippen molar-refractivity contribution in [2.24, 2.45) is 5.92 Å². The molecule has 0 aromatic heterocycles. The second kappa shape index (κ2) is 9.39. The monoisotopic (exact) mass is 321 g/mol. The molecule has 0 N–H and O–H groups in total. The van der Waals surface area contributed by atoms with Crippen LogP contribution in [0.2, 0.25) is 0 Å². The normalized spacial score (nSPS) is 28.7. The maximum atomic E-state index is 2.85. The third-order valence-electron chi connectivity index (χ3n) is 6.54. The van der Waals surface area contributed by atoms with Gasteiger partial charge in [-0.2, -0.15) is 0 Å². The molecule has 1 atom stereocenters. The Kier molecular flexibility index (Phi) is 7.22. The Morgan fingerprint density at radius 2 is 1.65 bits per heavy atom. The summed E-state index contributed by atoms with van der Waals surface area (Å²) in [5.41, 5.74) is 0. The van der Waals surface area contributed by atoms with E-state index in [9.17, 15) is 0 Å². The Bertz CT molecular complexity index is 321. The van der Waals surface area contributed by atoms with Gasteiger partial charge in [0.1, 0.15) is 0 Å². The van der Waals surface area contributed by atoms with Crippen molar-refractivity contribution in [2.75, 3.05) is 52.4 Å². The van der Waals surface area contributed by atoms with Crippen molar-refractivity contribution >= 4 is 0 Å². The quantitative estimate of drug-likeness (QED) is 0.711. The largest absolute Gasteiger partial charge is 0.302 e. The standard InChI is InChI=1S/C20H39N3/c1-2-21(15-16-22-12-6-3-7-13-22)17-19-9-8-14-23(18-19)20-10-4-5-11-20/h19-20H,2-18H2,1H3. The van der Waals surface area contributed by atoms with Gasteiger partial charge >= 0.3 is 0 Å². The molecule has 0 aromatic carbocycles. The van der Waals surface area contributed by atoms with Gasteiger partial charge in [0.2, 0.25) is 0 Å². The molecule has 3 nitrogen and oxygen atoms in total. The molecule has 134 valence electrons. The summed E-state index contributed by atoms with van der Waals surface area (Å²) in [6, 6.07) is 0.932. The Morgan fingerprint density at radius 3 is 2.39 bits per heavy atom. The van der Waals surface area contributed by atoms with E-state index in [0.717, 1.165) is 12.0 Å². The average Bonchev–Trinajstić information content (AvgIpc) is 3.14. The summed E-state index contributed by atoms with van der Waals surface area (Å²) in [5, 5.41) is 0. The molecule has 2 saturated heterocycles. The zero-order valence-corrected chi connectivity index (χ0v) is 15.5.